The number of fused-ring (bicyclic) bond motifs is 2. The van der Waals surface area contributed by atoms with Gasteiger partial charge in [-0.05, 0) is 37.3 Å². The van der Waals surface area contributed by atoms with Crippen LogP contribution in [0.2, 0.25) is 0 Å². The van der Waals surface area contributed by atoms with Crippen LogP contribution in [0.1, 0.15) is 23.7 Å². The lowest BCUT2D eigenvalue weighted by Gasteiger charge is -2.24. The minimum absolute atomic E-state index is 0.167. The molecule has 3 N–H and O–H groups in total. The van der Waals surface area contributed by atoms with Crippen LogP contribution in [0.25, 0.3) is 22.6 Å². The van der Waals surface area contributed by atoms with E-state index in [1.54, 1.807) is 25.1 Å². The minimum Gasteiger partial charge on any atom is -0.386 e. The van der Waals surface area contributed by atoms with E-state index in [0.29, 0.717) is 22.3 Å². The number of nitrogen functional groups attached to an aromatic ring is 1. The van der Waals surface area contributed by atoms with Crippen molar-refractivity contribution < 1.29 is 9.90 Å². The molecular formula is C20H17N3O2. The molecule has 0 saturated carbocycles. The van der Waals surface area contributed by atoms with Crippen LogP contribution in [0.4, 0.5) is 5.82 Å². The number of pyridine rings is 2. The number of aromatic nitrogens is 2. The maximum atomic E-state index is 13.0. The summed E-state index contributed by atoms with van der Waals surface area (Å²) in [6.45, 7) is 1.68. The molecule has 3 aromatic rings. The summed E-state index contributed by atoms with van der Waals surface area (Å²) < 4.78 is 0. The average Bonchev–Trinajstić information content (AvgIpc) is 2.59. The van der Waals surface area contributed by atoms with Crippen molar-refractivity contribution in [3.8, 4) is 0 Å². The Hall–Kier alpha value is -3.05. The van der Waals surface area contributed by atoms with E-state index in [-0.39, 0.29) is 12.2 Å². The van der Waals surface area contributed by atoms with Gasteiger partial charge in [0.15, 0.2) is 5.78 Å². The smallest absolute Gasteiger partial charge is 0.191 e. The van der Waals surface area contributed by atoms with E-state index in [9.17, 15) is 9.90 Å². The lowest BCUT2D eigenvalue weighted by atomic mass is 9.86. The molecular weight excluding hydrogens is 314 g/mol. The van der Waals surface area contributed by atoms with Gasteiger partial charge in [0.25, 0.3) is 0 Å². The van der Waals surface area contributed by atoms with Gasteiger partial charge in [-0.3, -0.25) is 4.79 Å². The third-order valence-electron chi connectivity index (χ3n) is 4.38. The summed E-state index contributed by atoms with van der Waals surface area (Å²) in [6.07, 6.45) is 3.40. The highest BCUT2D eigenvalue weighted by Gasteiger charge is 2.28. The zero-order valence-corrected chi connectivity index (χ0v) is 13.7. The highest BCUT2D eigenvalue weighted by molar-refractivity contribution is 6.24. The zero-order chi connectivity index (χ0) is 17.6. The number of ketones is 1. The highest BCUT2D eigenvalue weighted by Crippen LogP contribution is 2.23. The summed E-state index contributed by atoms with van der Waals surface area (Å²) in [5.74, 6) is 0.192. The number of hydrogen-bond acceptors (Lipinski definition) is 5. The Morgan fingerprint density at radius 3 is 2.80 bits per heavy atom. The molecule has 1 aliphatic carbocycles. The van der Waals surface area contributed by atoms with E-state index in [0.717, 1.165) is 16.1 Å². The first-order valence-electron chi connectivity index (χ1n) is 8.03. The van der Waals surface area contributed by atoms with Crippen molar-refractivity contribution >= 4 is 34.2 Å². The Bertz CT molecular complexity index is 1120. The fourth-order valence-electron chi connectivity index (χ4n) is 3.20. The van der Waals surface area contributed by atoms with Crippen molar-refractivity contribution in [3.63, 3.8) is 0 Å². The number of anilines is 1. The van der Waals surface area contributed by atoms with Gasteiger partial charge < -0.3 is 10.8 Å². The number of nitrogens with zero attached hydrogens (tertiary/aromatic N) is 2. The molecule has 1 aromatic carbocycles. The van der Waals surface area contributed by atoms with Gasteiger partial charge in [0, 0.05) is 34.4 Å². The molecule has 0 aliphatic heterocycles. The number of Topliss-reactive ketones (excluding diaryl/α,β-unsaturated/α-hetero) is 1. The lowest BCUT2D eigenvalue weighted by molar-refractivity contribution is 0.101. The summed E-state index contributed by atoms with van der Waals surface area (Å²) in [4.78, 5) is 21.6. The molecule has 2 aromatic heterocycles. The van der Waals surface area contributed by atoms with E-state index < -0.39 is 5.60 Å². The van der Waals surface area contributed by atoms with Crippen LogP contribution in [0.5, 0.6) is 0 Å². The van der Waals surface area contributed by atoms with Crippen molar-refractivity contribution in [2.45, 2.75) is 18.9 Å². The highest BCUT2D eigenvalue weighted by atomic mass is 16.3. The first-order valence-corrected chi connectivity index (χ1v) is 8.03. The van der Waals surface area contributed by atoms with Gasteiger partial charge in [0.05, 0.1) is 16.5 Å². The zero-order valence-electron chi connectivity index (χ0n) is 13.7. The van der Waals surface area contributed by atoms with Crippen LogP contribution in [-0.4, -0.2) is 26.5 Å². The number of hydrogen-bond donors (Lipinski definition) is 2. The fourth-order valence-corrected chi connectivity index (χ4v) is 3.20. The fraction of sp³-hybridized carbons (Fsp3) is 0.150. The molecule has 4 rings (SSSR count). The van der Waals surface area contributed by atoms with Crippen LogP contribution in [0, 0.1) is 0 Å². The van der Waals surface area contributed by atoms with Gasteiger partial charge in [0.2, 0.25) is 0 Å². The Balaban J connectivity index is 2.01. The van der Waals surface area contributed by atoms with E-state index in [2.05, 4.69) is 9.97 Å². The number of aliphatic hydroxyl groups is 1. The van der Waals surface area contributed by atoms with Crippen molar-refractivity contribution in [1.29, 1.82) is 0 Å². The van der Waals surface area contributed by atoms with Crippen molar-refractivity contribution in [2.24, 2.45) is 0 Å². The summed E-state index contributed by atoms with van der Waals surface area (Å²) in [7, 11) is 0. The molecule has 1 atom stereocenters. The SMILES string of the molecule is CC1(O)C=c2nc3ccccc3cc2=C(C(=O)c2ccc(N)nc2)C1. The maximum Gasteiger partial charge on any atom is 0.191 e. The number of para-hydroxylation sites is 1. The van der Waals surface area contributed by atoms with Crippen molar-refractivity contribution in [2.75, 3.05) is 5.73 Å². The van der Waals surface area contributed by atoms with Crippen LogP contribution >= 0.6 is 0 Å². The Morgan fingerprint density at radius 2 is 2.04 bits per heavy atom. The van der Waals surface area contributed by atoms with Crippen LogP contribution in [0.3, 0.4) is 0 Å². The molecule has 0 bridgehead atoms. The Labute approximate surface area is 144 Å². The lowest BCUT2D eigenvalue weighted by Crippen LogP contribution is -2.42. The molecule has 25 heavy (non-hydrogen) atoms. The Morgan fingerprint density at radius 1 is 1.24 bits per heavy atom. The molecule has 0 amide bonds. The second-order valence-corrected chi connectivity index (χ2v) is 6.57. The molecule has 0 spiro atoms. The second-order valence-electron chi connectivity index (χ2n) is 6.57. The van der Waals surface area contributed by atoms with Crippen molar-refractivity contribution in [1.82, 2.24) is 9.97 Å². The van der Waals surface area contributed by atoms with Crippen LogP contribution < -0.4 is 16.3 Å². The summed E-state index contributed by atoms with van der Waals surface area (Å²) in [6, 6.07) is 12.9. The predicted octanol–water partition coefficient (Wildman–Crippen LogP) is 1.18. The molecule has 2 heterocycles. The largest absolute Gasteiger partial charge is 0.386 e. The predicted molar refractivity (Wildman–Crippen MR) is 97.1 cm³/mol. The molecule has 1 aliphatic rings. The topological polar surface area (TPSA) is 89.1 Å². The molecule has 1 unspecified atom stereocenters. The summed E-state index contributed by atoms with van der Waals surface area (Å²) >= 11 is 0. The van der Waals surface area contributed by atoms with Crippen LogP contribution in [-0.2, 0) is 0 Å². The van der Waals surface area contributed by atoms with Gasteiger partial charge in [-0.25, -0.2) is 9.97 Å². The van der Waals surface area contributed by atoms with Gasteiger partial charge >= 0.3 is 0 Å². The van der Waals surface area contributed by atoms with Gasteiger partial charge in [-0.15, -0.1) is 0 Å². The first-order chi connectivity index (χ1) is 11.9. The summed E-state index contributed by atoms with van der Waals surface area (Å²) in [5.41, 5.74) is 6.28. The summed E-state index contributed by atoms with van der Waals surface area (Å²) in [5, 5.41) is 12.9. The van der Waals surface area contributed by atoms with Gasteiger partial charge in [-0.1, -0.05) is 18.2 Å². The quantitative estimate of drug-likeness (QED) is 0.688. The second kappa shape index (κ2) is 5.50. The van der Waals surface area contributed by atoms with Crippen LogP contribution in [0.15, 0.2) is 48.7 Å². The molecule has 0 radical (unpaired) electrons. The maximum absolute atomic E-state index is 13.0. The molecule has 0 saturated heterocycles. The average molecular weight is 331 g/mol. The van der Waals surface area contributed by atoms with E-state index in [4.69, 9.17) is 5.73 Å². The number of rotatable bonds is 2. The standard InChI is InChI=1S/C20H17N3O2/c1-20(25)9-15(19(24)13-6-7-18(21)22-11-13)14-8-12-4-2-3-5-16(12)23-17(14)10-20/h2-8,10-11,25H,9H2,1H3,(H2,21,22). The normalized spacial score (nSPS) is 19.4. The molecule has 5 heteroatoms. The van der Waals surface area contributed by atoms with Crippen molar-refractivity contribution in [3.05, 3.63) is 64.8 Å². The monoisotopic (exact) mass is 331 g/mol. The third kappa shape index (κ3) is 2.79. The minimum atomic E-state index is -1.13. The number of carbonyl (C=O) groups excluding carboxylic acids is 1. The Kier molecular flexibility index (Phi) is 3.40. The van der Waals surface area contributed by atoms with E-state index in [1.165, 1.54) is 6.20 Å². The van der Waals surface area contributed by atoms with E-state index in [1.807, 2.05) is 30.3 Å². The molecule has 0 fully saturated rings. The van der Waals surface area contributed by atoms with Gasteiger partial charge in [-0.2, -0.15) is 0 Å². The van der Waals surface area contributed by atoms with Gasteiger partial charge in [0.1, 0.15) is 5.82 Å². The first kappa shape index (κ1) is 15.5. The molecule has 124 valence electrons. The number of carbonyl (C=O) groups is 1. The number of benzene rings is 1. The third-order valence-corrected chi connectivity index (χ3v) is 4.38. The number of nitrogens with two attached hydrogens (primary N) is 1. The molecule has 5 nitrogen and oxygen atoms in total. The van der Waals surface area contributed by atoms with E-state index >= 15 is 0 Å².